The fourth-order valence-corrected chi connectivity index (χ4v) is 1.92. The molecule has 1 aliphatic rings. The summed E-state index contributed by atoms with van der Waals surface area (Å²) in [6.45, 7) is 2.33. The number of benzene rings is 1. The molecule has 1 fully saturated rings. The number of ether oxygens (including phenoxy) is 2. The summed E-state index contributed by atoms with van der Waals surface area (Å²) in [6.07, 6.45) is 0.0655. The van der Waals surface area contributed by atoms with Gasteiger partial charge in [-0.05, 0) is 12.1 Å². The first-order valence-electron chi connectivity index (χ1n) is 6.20. The van der Waals surface area contributed by atoms with Gasteiger partial charge in [0.1, 0.15) is 18.5 Å². The largest absolute Gasteiger partial charge is 0.490 e. The van der Waals surface area contributed by atoms with Gasteiger partial charge in [0.25, 0.3) is 0 Å². The van der Waals surface area contributed by atoms with Gasteiger partial charge < -0.3 is 9.47 Å². The molecule has 0 N–H and O–H groups in total. The number of para-hydroxylation sites is 1. The van der Waals surface area contributed by atoms with Gasteiger partial charge in [-0.3, -0.25) is 0 Å². The van der Waals surface area contributed by atoms with Crippen molar-refractivity contribution in [3.05, 3.63) is 30.3 Å². The van der Waals surface area contributed by atoms with E-state index in [0.29, 0.717) is 0 Å². The van der Waals surface area contributed by atoms with Gasteiger partial charge in [0.15, 0.2) is 5.60 Å². The standard InChI is InChI=1S/C15H17FO2/c1-2-3-9-15(10-13(16)11-18-15)12-17-14-7-5-4-6-8-14/h4-8,13H,2,10-12H2,1H3. The molecular formula is C15H17FO2. The molecule has 0 saturated carbocycles. The van der Waals surface area contributed by atoms with Gasteiger partial charge in [-0.1, -0.05) is 31.0 Å². The van der Waals surface area contributed by atoms with Crippen LogP contribution in [0.15, 0.2) is 30.3 Å². The molecule has 0 radical (unpaired) electrons. The third kappa shape index (κ3) is 3.24. The summed E-state index contributed by atoms with van der Waals surface area (Å²) in [5.41, 5.74) is -0.786. The molecule has 2 unspecified atom stereocenters. The Morgan fingerprint density at radius 2 is 2.22 bits per heavy atom. The molecule has 1 aromatic carbocycles. The molecule has 96 valence electrons. The molecule has 1 aliphatic heterocycles. The van der Waals surface area contributed by atoms with E-state index < -0.39 is 11.8 Å². The van der Waals surface area contributed by atoms with Crippen molar-refractivity contribution in [3.8, 4) is 17.6 Å². The number of rotatable bonds is 3. The zero-order valence-corrected chi connectivity index (χ0v) is 10.5. The first-order chi connectivity index (χ1) is 8.74. The van der Waals surface area contributed by atoms with Crippen LogP contribution in [0.2, 0.25) is 0 Å². The quantitative estimate of drug-likeness (QED) is 0.766. The SMILES string of the molecule is CCC#CC1(COc2ccccc2)CC(F)CO1. The molecule has 18 heavy (non-hydrogen) atoms. The highest BCUT2D eigenvalue weighted by Crippen LogP contribution is 2.28. The Bertz CT molecular complexity index is 435. The lowest BCUT2D eigenvalue weighted by Gasteiger charge is -2.22. The molecule has 1 saturated heterocycles. The van der Waals surface area contributed by atoms with Crippen molar-refractivity contribution < 1.29 is 13.9 Å². The molecule has 0 spiro atoms. The molecule has 0 aliphatic carbocycles. The number of hydrogen-bond donors (Lipinski definition) is 0. The molecular weight excluding hydrogens is 231 g/mol. The first-order valence-corrected chi connectivity index (χ1v) is 6.20. The van der Waals surface area contributed by atoms with Gasteiger partial charge in [-0.2, -0.15) is 0 Å². The molecule has 3 heteroatoms. The van der Waals surface area contributed by atoms with E-state index in [0.717, 1.165) is 12.2 Å². The van der Waals surface area contributed by atoms with Gasteiger partial charge in [-0.15, -0.1) is 5.92 Å². The van der Waals surface area contributed by atoms with Gasteiger partial charge in [-0.25, -0.2) is 4.39 Å². The van der Waals surface area contributed by atoms with Gasteiger partial charge >= 0.3 is 0 Å². The van der Waals surface area contributed by atoms with Gasteiger partial charge in [0, 0.05) is 12.8 Å². The Morgan fingerprint density at radius 3 is 2.83 bits per heavy atom. The lowest BCUT2D eigenvalue weighted by Crippen LogP contribution is -2.34. The summed E-state index contributed by atoms with van der Waals surface area (Å²) >= 11 is 0. The minimum Gasteiger partial charge on any atom is -0.490 e. The lowest BCUT2D eigenvalue weighted by atomic mass is 10.0. The molecule has 1 aromatic rings. The second-order valence-electron chi connectivity index (χ2n) is 4.36. The third-order valence-corrected chi connectivity index (χ3v) is 2.80. The van der Waals surface area contributed by atoms with Gasteiger partial charge in [0.05, 0.1) is 6.61 Å². The molecule has 0 bridgehead atoms. The van der Waals surface area contributed by atoms with E-state index in [1.165, 1.54) is 0 Å². The average molecular weight is 248 g/mol. The number of hydrogen-bond acceptors (Lipinski definition) is 2. The molecule has 2 atom stereocenters. The van der Waals surface area contributed by atoms with Crippen LogP contribution >= 0.6 is 0 Å². The van der Waals surface area contributed by atoms with E-state index in [1.807, 2.05) is 37.3 Å². The fraction of sp³-hybridized carbons (Fsp3) is 0.467. The Labute approximate surface area is 107 Å². The normalized spacial score (nSPS) is 26.4. The predicted octanol–water partition coefficient (Wildman–Crippen LogP) is 2.98. The summed E-state index contributed by atoms with van der Waals surface area (Å²) in [6, 6.07) is 9.44. The second kappa shape index (κ2) is 5.88. The van der Waals surface area contributed by atoms with Crippen LogP contribution in [0.25, 0.3) is 0 Å². The van der Waals surface area contributed by atoms with Crippen molar-refractivity contribution in [2.75, 3.05) is 13.2 Å². The average Bonchev–Trinajstić information content (AvgIpc) is 2.78. The maximum Gasteiger partial charge on any atom is 0.165 e. The van der Waals surface area contributed by atoms with Crippen molar-refractivity contribution in [1.82, 2.24) is 0 Å². The minimum atomic E-state index is -0.949. The maximum atomic E-state index is 13.3. The van der Waals surface area contributed by atoms with Crippen LogP contribution in [0.3, 0.4) is 0 Å². The Hall–Kier alpha value is -1.53. The number of alkyl halides is 1. The third-order valence-electron chi connectivity index (χ3n) is 2.80. The van der Waals surface area contributed by atoms with E-state index in [1.54, 1.807) is 0 Å². The first kappa shape index (κ1) is 12.9. The van der Waals surface area contributed by atoms with Gasteiger partial charge in [0.2, 0.25) is 0 Å². The summed E-state index contributed by atoms with van der Waals surface area (Å²) in [7, 11) is 0. The summed E-state index contributed by atoms with van der Waals surface area (Å²) in [5.74, 6) is 6.73. The molecule has 2 nitrogen and oxygen atoms in total. The smallest absolute Gasteiger partial charge is 0.165 e. The summed E-state index contributed by atoms with van der Waals surface area (Å²) in [5, 5.41) is 0. The van der Waals surface area contributed by atoms with E-state index in [4.69, 9.17) is 9.47 Å². The van der Waals surface area contributed by atoms with Crippen LogP contribution in [-0.4, -0.2) is 25.0 Å². The number of halogens is 1. The monoisotopic (exact) mass is 248 g/mol. The van der Waals surface area contributed by atoms with Crippen LogP contribution in [0.5, 0.6) is 5.75 Å². The van der Waals surface area contributed by atoms with Crippen LogP contribution in [0, 0.1) is 11.8 Å². The summed E-state index contributed by atoms with van der Waals surface area (Å²) in [4.78, 5) is 0. The van der Waals surface area contributed by atoms with Crippen molar-refractivity contribution in [1.29, 1.82) is 0 Å². The fourth-order valence-electron chi connectivity index (χ4n) is 1.92. The molecule has 0 aromatic heterocycles. The maximum absolute atomic E-state index is 13.3. The lowest BCUT2D eigenvalue weighted by molar-refractivity contribution is 0.0131. The Morgan fingerprint density at radius 1 is 1.44 bits per heavy atom. The van der Waals surface area contributed by atoms with E-state index >= 15 is 0 Å². The van der Waals surface area contributed by atoms with Crippen molar-refractivity contribution in [2.24, 2.45) is 0 Å². The zero-order chi connectivity index (χ0) is 12.8. The highest BCUT2D eigenvalue weighted by molar-refractivity contribution is 5.23. The predicted molar refractivity (Wildman–Crippen MR) is 68.2 cm³/mol. The van der Waals surface area contributed by atoms with Crippen LogP contribution in [0.4, 0.5) is 4.39 Å². The minimum absolute atomic E-state index is 0.108. The Kier molecular flexibility index (Phi) is 4.22. The second-order valence-corrected chi connectivity index (χ2v) is 4.36. The Balaban J connectivity index is 2.02. The van der Waals surface area contributed by atoms with Crippen LogP contribution in [-0.2, 0) is 4.74 Å². The van der Waals surface area contributed by atoms with Crippen molar-refractivity contribution in [2.45, 2.75) is 31.5 Å². The summed E-state index contributed by atoms with van der Waals surface area (Å²) < 4.78 is 24.5. The highest BCUT2D eigenvalue weighted by Gasteiger charge is 2.40. The zero-order valence-electron chi connectivity index (χ0n) is 10.5. The van der Waals surface area contributed by atoms with E-state index in [-0.39, 0.29) is 19.6 Å². The van der Waals surface area contributed by atoms with E-state index in [9.17, 15) is 4.39 Å². The molecule has 0 amide bonds. The van der Waals surface area contributed by atoms with Crippen molar-refractivity contribution >= 4 is 0 Å². The van der Waals surface area contributed by atoms with Crippen LogP contribution < -0.4 is 4.74 Å². The topological polar surface area (TPSA) is 18.5 Å². The highest BCUT2D eigenvalue weighted by atomic mass is 19.1. The molecule has 1 heterocycles. The van der Waals surface area contributed by atoms with Crippen molar-refractivity contribution in [3.63, 3.8) is 0 Å². The van der Waals surface area contributed by atoms with E-state index in [2.05, 4.69) is 11.8 Å². The molecule has 2 rings (SSSR count). The van der Waals surface area contributed by atoms with Crippen LogP contribution in [0.1, 0.15) is 19.8 Å².